The van der Waals surface area contributed by atoms with Crippen molar-refractivity contribution in [3.63, 3.8) is 0 Å². The summed E-state index contributed by atoms with van der Waals surface area (Å²) in [6.07, 6.45) is 11.9. The van der Waals surface area contributed by atoms with Crippen molar-refractivity contribution in [3.05, 3.63) is 119 Å². The van der Waals surface area contributed by atoms with E-state index in [2.05, 4.69) is 49.9 Å². The lowest BCUT2D eigenvalue weighted by atomic mass is 9.91. The largest absolute Gasteiger partial charge is 0.294 e. The summed E-state index contributed by atoms with van der Waals surface area (Å²) < 4.78 is 0. The highest BCUT2D eigenvalue weighted by Gasteiger charge is 2.47. The number of hydrogen-bond acceptors (Lipinski definition) is 3. The first-order chi connectivity index (χ1) is 18.0. The van der Waals surface area contributed by atoms with Crippen LogP contribution < -0.4 is 0 Å². The fourth-order valence-corrected chi connectivity index (χ4v) is 5.29. The summed E-state index contributed by atoms with van der Waals surface area (Å²) in [6.45, 7) is 6.69. The Morgan fingerprint density at radius 1 is 1.05 bits per heavy atom. The Kier molecular flexibility index (Phi) is 7.01. The molecule has 0 bridgehead atoms. The predicted octanol–water partition coefficient (Wildman–Crippen LogP) is 8.14. The van der Waals surface area contributed by atoms with Gasteiger partial charge in [0.2, 0.25) is 0 Å². The molecule has 1 saturated carbocycles. The molecule has 1 aromatic heterocycles. The fraction of sp³-hybridized carbons (Fsp3) is 0.265. The quantitative estimate of drug-likeness (QED) is 0.273. The van der Waals surface area contributed by atoms with Crippen molar-refractivity contribution in [1.29, 1.82) is 5.26 Å². The number of carbonyl (C=O) groups excluding carboxylic acids is 1. The van der Waals surface area contributed by atoms with Crippen molar-refractivity contribution in [3.8, 4) is 17.3 Å². The van der Waals surface area contributed by atoms with Crippen LogP contribution in [0.1, 0.15) is 66.2 Å². The number of rotatable bonds is 10. The van der Waals surface area contributed by atoms with Gasteiger partial charge in [-0.1, -0.05) is 85.8 Å². The van der Waals surface area contributed by atoms with Crippen molar-refractivity contribution in [2.75, 3.05) is 0 Å². The molecule has 184 valence electrons. The van der Waals surface area contributed by atoms with Gasteiger partial charge in [-0.2, -0.15) is 5.26 Å². The third-order valence-electron chi connectivity index (χ3n) is 7.69. The molecule has 0 saturated heterocycles. The van der Waals surface area contributed by atoms with Crippen LogP contribution in [0.5, 0.6) is 0 Å². The maximum Gasteiger partial charge on any atom is 0.165 e. The lowest BCUT2D eigenvalue weighted by Gasteiger charge is -2.15. The second kappa shape index (κ2) is 10.5. The molecule has 3 aromatic rings. The average Bonchev–Trinajstić information content (AvgIpc) is 3.62. The van der Waals surface area contributed by atoms with E-state index in [1.54, 1.807) is 6.07 Å². The second-order valence-corrected chi connectivity index (χ2v) is 10.5. The van der Waals surface area contributed by atoms with Gasteiger partial charge in [0.1, 0.15) is 0 Å². The molecule has 3 heteroatoms. The van der Waals surface area contributed by atoms with Gasteiger partial charge in [0, 0.05) is 17.5 Å². The van der Waals surface area contributed by atoms with E-state index in [0.29, 0.717) is 40.3 Å². The fourth-order valence-electron chi connectivity index (χ4n) is 5.29. The molecule has 1 heterocycles. The number of benzene rings is 2. The van der Waals surface area contributed by atoms with Crippen LogP contribution in [0.2, 0.25) is 0 Å². The van der Waals surface area contributed by atoms with E-state index in [9.17, 15) is 10.1 Å². The standard InChI is InChI=1S/C34H32N2O/c1-24(15-16-26-17-18-28-22-34(28,2)21-26)33-30(32(37)14-8-11-25-9-4-3-5-10-25)19-20-31(36-33)29-13-7-6-12-27(29)23-35/h3-7,9-10,12-13,17-21,28H,1,8,11,14-16,22H2,2H3. The van der Waals surface area contributed by atoms with Gasteiger partial charge in [-0.15, -0.1) is 0 Å². The summed E-state index contributed by atoms with van der Waals surface area (Å²) in [5, 5.41) is 9.60. The number of hydrogen-bond donors (Lipinski definition) is 0. The first kappa shape index (κ1) is 24.7. The van der Waals surface area contributed by atoms with Gasteiger partial charge in [-0.05, 0) is 72.8 Å². The summed E-state index contributed by atoms with van der Waals surface area (Å²) in [5.41, 5.74) is 7.07. The molecule has 0 aliphatic heterocycles. The van der Waals surface area contributed by atoms with E-state index in [-0.39, 0.29) is 5.78 Å². The highest BCUT2D eigenvalue weighted by atomic mass is 16.1. The number of pyridine rings is 1. The van der Waals surface area contributed by atoms with Crippen LogP contribution in [0.25, 0.3) is 16.8 Å². The highest BCUT2D eigenvalue weighted by Crippen LogP contribution is 2.57. The van der Waals surface area contributed by atoms with Crippen molar-refractivity contribution in [1.82, 2.24) is 4.98 Å². The third kappa shape index (κ3) is 5.54. The second-order valence-electron chi connectivity index (χ2n) is 10.5. The van der Waals surface area contributed by atoms with Crippen molar-refractivity contribution < 1.29 is 4.79 Å². The predicted molar refractivity (Wildman–Crippen MR) is 150 cm³/mol. The van der Waals surface area contributed by atoms with Gasteiger partial charge in [0.15, 0.2) is 5.78 Å². The van der Waals surface area contributed by atoms with Gasteiger partial charge < -0.3 is 0 Å². The molecule has 2 aliphatic rings. The molecule has 0 amide bonds. The highest BCUT2D eigenvalue weighted by molar-refractivity contribution is 6.00. The molecule has 2 aliphatic carbocycles. The maximum absolute atomic E-state index is 13.4. The molecule has 0 radical (unpaired) electrons. The van der Waals surface area contributed by atoms with E-state index in [0.717, 1.165) is 36.8 Å². The number of nitrogens with zero attached hydrogens (tertiary/aromatic N) is 2. The number of ketones is 1. The van der Waals surface area contributed by atoms with Crippen LogP contribution in [0.15, 0.2) is 97.1 Å². The van der Waals surface area contributed by atoms with Crippen LogP contribution in [0.3, 0.4) is 0 Å². The van der Waals surface area contributed by atoms with E-state index in [1.807, 2.05) is 48.5 Å². The van der Waals surface area contributed by atoms with Gasteiger partial charge in [-0.25, -0.2) is 4.98 Å². The van der Waals surface area contributed by atoms with Crippen LogP contribution >= 0.6 is 0 Å². The topological polar surface area (TPSA) is 53.8 Å². The Morgan fingerprint density at radius 2 is 1.84 bits per heavy atom. The van der Waals surface area contributed by atoms with Crippen LogP contribution in [-0.4, -0.2) is 10.8 Å². The number of fused-ring (bicyclic) bond motifs is 1. The zero-order chi connectivity index (χ0) is 25.8. The number of aryl methyl sites for hydroxylation is 1. The number of aromatic nitrogens is 1. The zero-order valence-corrected chi connectivity index (χ0v) is 21.4. The minimum absolute atomic E-state index is 0.0878. The molecular weight excluding hydrogens is 452 g/mol. The molecule has 2 atom stereocenters. The van der Waals surface area contributed by atoms with E-state index < -0.39 is 0 Å². The summed E-state index contributed by atoms with van der Waals surface area (Å²) in [4.78, 5) is 18.3. The molecule has 2 aromatic carbocycles. The average molecular weight is 485 g/mol. The van der Waals surface area contributed by atoms with Gasteiger partial charge in [-0.3, -0.25) is 4.79 Å². The van der Waals surface area contributed by atoms with Gasteiger partial charge in [0.25, 0.3) is 0 Å². The first-order valence-corrected chi connectivity index (χ1v) is 13.1. The Hall–Kier alpha value is -4.03. The summed E-state index contributed by atoms with van der Waals surface area (Å²) in [7, 11) is 0. The van der Waals surface area contributed by atoms with E-state index >= 15 is 0 Å². The lowest BCUT2D eigenvalue weighted by molar-refractivity contribution is 0.0979. The molecule has 3 nitrogen and oxygen atoms in total. The number of allylic oxidation sites excluding steroid dienone is 5. The summed E-state index contributed by atoms with van der Waals surface area (Å²) in [5.74, 6) is 0.780. The summed E-state index contributed by atoms with van der Waals surface area (Å²) >= 11 is 0. The minimum atomic E-state index is 0.0878. The van der Waals surface area contributed by atoms with Gasteiger partial charge in [0.05, 0.1) is 23.0 Å². The molecule has 37 heavy (non-hydrogen) atoms. The molecule has 5 rings (SSSR count). The lowest BCUT2D eigenvalue weighted by Crippen LogP contribution is -2.07. The van der Waals surface area contributed by atoms with E-state index in [1.165, 1.54) is 17.6 Å². The Labute approximate surface area is 219 Å². The molecule has 0 spiro atoms. The van der Waals surface area contributed by atoms with E-state index in [4.69, 9.17) is 4.98 Å². The number of nitriles is 1. The van der Waals surface area contributed by atoms with Crippen LogP contribution in [0.4, 0.5) is 0 Å². The smallest absolute Gasteiger partial charge is 0.165 e. The summed E-state index contributed by atoms with van der Waals surface area (Å²) in [6, 6.07) is 23.7. The maximum atomic E-state index is 13.4. The van der Waals surface area contributed by atoms with Crippen LogP contribution in [0, 0.1) is 22.7 Å². The normalized spacial score (nSPS) is 19.5. The Balaban J connectivity index is 1.38. The zero-order valence-electron chi connectivity index (χ0n) is 21.4. The van der Waals surface area contributed by atoms with Crippen molar-refractivity contribution in [2.24, 2.45) is 11.3 Å². The third-order valence-corrected chi connectivity index (χ3v) is 7.69. The van der Waals surface area contributed by atoms with Crippen molar-refractivity contribution >= 4 is 11.4 Å². The molecule has 2 unspecified atom stereocenters. The van der Waals surface area contributed by atoms with Crippen molar-refractivity contribution in [2.45, 2.75) is 45.4 Å². The Morgan fingerprint density at radius 3 is 2.62 bits per heavy atom. The SMILES string of the molecule is C=C(CCC1=CC2(C)CC2C=C1)c1nc(-c2ccccc2C#N)ccc1C(=O)CCCc1ccccc1. The monoisotopic (exact) mass is 484 g/mol. The minimum Gasteiger partial charge on any atom is -0.294 e. The first-order valence-electron chi connectivity index (χ1n) is 13.1. The molecular formula is C34H32N2O. The number of carbonyl (C=O) groups is 1. The van der Waals surface area contributed by atoms with Crippen LogP contribution in [-0.2, 0) is 6.42 Å². The number of Topliss-reactive ketones (excluding diaryl/α,β-unsaturated/α-hetero) is 1. The molecule has 1 fully saturated rings. The Bertz CT molecular complexity index is 1440. The van der Waals surface area contributed by atoms with Gasteiger partial charge >= 0.3 is 0 Å². The molecule has 0 N–H and O–H groups in total.